The van der Waals surface area contributed by atoms with E-state index in [4.69, 9.17) is 17.3 Å². The van der Waals surface area contributed by atoms with Gasteiger partial charge in [-0.2, -0.15) is 5.10 Å². The Morgan fingerprint density at radius 3 is 2.79 bits per heavy atom. The number of benzene rings is 1. The summed E-state index contributed by atoms with van der Waals surface area (Å²) in [4.78, 5) is 0. The molecule has 2 aromatic rings. The van der Waals surface area contributed by atoms with E-state index in [2.05, 4.69) is 5.10 Å². The van der Waals surface area contributed by atoms with Crippen LogP contribution in [-0.2, 0) is 0 Å². The number of nitrogen functional groups attached to an aromatic ring is 1. The second-order valence-electron chi connectivity index (χ2n) is 3.17. The van der Waals surface area contributed by atoms with Crippen molar-refractivity contribution in [1.29, 1.82) is 0 Å². The molecule has 2 N–H and O–H groups in total. The summed E-state index contributed by atoms with van der Waals surface area (Å²) in [6, 6.07) is 5.82. The van der Waals surface area contributed by atoms with Crippen LogP contribution in [0, 0.1) is 6.92 Å². The number of hydrogen-bond donors (Lipinski definition) is 1. The second kappa shape index (κ2) is 3.35. The Balaban J connectivity index is 2.52. The molecule has 1 heterocycles. The summed E-state index contributed by atoms with van der Waals surface area (Å²) >= 11 is 5.77. The first-order valence-electron chi connectivity index (χ1n) is 4.23. The Kier molecular flexibility index (Phi) is 2.17. The van der Waals surface area contributed by atoms with Gasteiger partial charge < -0.3 is 5.73 Å². The van der Waals surface area contributed by atoms with Crippen LogP contribution in [0.2, 0.25) is 5.02 Å². The fraction of sp³-hybridized carbons (Fsp3) is 0.100. The van der Waals surface area contributed by atoms with Crippen LogP contribution >= 0.6 is 11.6 Å². The predicted molar refractivity (Wildman–Crippen MR) is 57.7 cm³/mol. The summed E-state index contributed by atoms with van der Waals surface area (Å²) in [5.41, 5.74) is 8.54. The van der Waals surface area contributed by atoms with Gasteiger partial charge in [-0.05, 0) is 24.6 Å². The van der Waals surface area contributed by atoms with Crippen molar-refractivity contribution in [2.45, 2.75) is 6.92 Å². The number of rotatable bonds is 1. The molecule has 4 heteroatoms. The van der Waals surface area contributed by atoms with E-state index in [0.717, 1.165) is 11.3 Å². The Morgan fingerprint density at radius 2 is 2.21 bits per heavy atom. The van der Waals surface area contributed by atoms with Crippen LogP contribution in [0.25, 0.3) is 5.69 Å². The van der Waals surface area contributed by atoms with Gasteiger partial charge >= 0.3 is 0 Å². The Labute approximate surface area is 87.1 Å². The average molecular weight is 208 g/mol. The fourth-order valence-electron chi connectivity index (χ4n) is 1.32. The van der Waals surface area contributed by atoms with Gasteiger partial charge in [0.25, 0.3) is 0 Å². The first kappa shape index (κ1) is 9.09. The molecule has 0 radical (unpaired) electrons. The molecule has 0 saturated carbocycles. The largest absolute Gasteiger partial charge is 0.397 e. The lowest BCUT2D eigenvalue weighted by Gasteiger charge is -2.05. The van der Waals surface area contributed by atoms with Crippen LogP contribution in [0.15, 0.2) is 30.6 Å². The van der Waals surface area contributed by atoms with Crippen LogP contribution in [0.5, 0.6) is 0 Å². The van der Waals surface area contributed by atoms with Crippen molar-refractivity contribution in [1.82, 2.24) is 9.78 Å². The molecule has 0 saturated heterocycles. The molecule has 1 aromatic carbocycles. The zero-order valence-electron chi connectivity index (χ0n) is 7.74. The van der Waals surface area contributed by atoms with E-state index in [1.165, 1.54) is 0 Å². The van der Waals surface area contributed by atoms with Crippen LogP contribution in [0.3, 0.4) is 0 Å². The number of aryl methyl sites for hydroxylation is 1. The van der Waals surface area contributed by atoms with Gasteiger partial charge in [-0.3, -0.25) is 0 Å². The van der Waals surface area contributed by atoms with Crippen LogP contribution < -0.4 is 5.73 Å². The lowest BCUT2D eigenvalue weighted by molar-refractivity contribution is 0.882. The van der Waals surface area contributed by atoms with Gasteiger partial charge in [0.15, 0.2) is 0 Å². The van der Waals surface area contributed by atoms with Crippen molar-refractivity contribution in [2.75, 3.05) is 5.73 Å². The Hall–Kier alpha value is -1.48. The highest BCUT2D eigenvalue weighted by Gasteiger charge is 2.02. The van der Waals surface area contributed by atoms with Crippen LogP contribution in [0.1, 0.15) is 5.56 Å². The third-order valence-corrected chi connectivity index (χ3v) is 2.18. The molecule has 0 aliphatic rings. The number of aromatic nitrogens is 2. The molecule has 0 atom stereocenters. The molecule has 0 spiro atoms. The molecule has 1 aromatic heterocycles. The molecule has 0 bridgehead atoms. The molecule has 72 valence electrons. The second-order valence-corrected chi connectivity index (χ2v) is 3.60. The molecular formula is C10H10ClN3. The minimum absolute atomic E-state index is 0.602. The first-order valence-corrected chi connectivity index (χ1v) is 4.61. The molecule has 0 aliphatic heterocycles. The molecule has 0 aliphatic carbocycles. The quantitative estimate of drug-likeness (QED) is 0.730. The van der Waals surface area contributed by atoms with Gasteiger partial charge in [0, 0.05) is 6.20 Å². The van der Waals surface area contributed by atoms with Gasteiger partial charge in [-0.25, -0.2) is 4.68 Å². The Morgan fingerprint density at radius 1 is 1.43 bits per heavy atom. The van der Waals surface area contributed by atoms with Crippen molar-refractivity contribution in [3.05, 3.63) is 41.2 Å². The number of hydrogen-bond acceptors (Lipinski definition) is 2. The highest BCUT2D eigenvalue weighted by molar-refractivity contribution is 6.30. The maximum Gasteiger partial charge on any atom is 0.0875 e. The van der Waals surface area contributed by atoms with Gasteiger partial charge in [0.05, 0.1) is 22.6 Å². The smallest absolute Gasteiger partial charge is 0.0875 e. The van der Waals surface area contributed by atoms with E-state index >= 15 is 0 Å². The standard InChI is InChI=1S/C10H10ClN3/c1-7-2-3-10(9(12)4-7)14-6-8(11)5-13-14/h2-6H,12H2,1H3. The van der Waals surface area contributed by atoms with Crippen LogP contribution in [-0.4, -0.2) is 9.78 Å². The molecule has 0 amide bonds. The number of nitrogens with two attached hydrogens (primary N) is 1. The van der Waals surface area contributed by atoms with Gasteiger partial charge in [0.2, 0.25) is 0 Å². The predicted octanol–water partition coefficient (Wildman–Crippen LogP) is 2.42. The maximum atomic E-state index is 5.86. The highest BCUT2D eigenvalue weighted by Crippen LogP contribution is 2.19. The number of halogens is 1. The minimum Gasteiger partial charge on any atom is -0.397 e. The lowest BCUT2D eigenvalue weighted by atomic mass is 10.2. The minimum atomic E-state index is 0.602. The summed E-state index contributed by atoms with van der Waals surface area (Å²) < 4.78 is 1.66. The normalized spacial score (nSPS) is 10.4. The first-order chi connectivity index (χ1) is 6.66. The summed E-state index contributed by atoms with van der Waals surface area (Å²) in [6.07, 6.45) is 3.31. The summed E-state index contributed by atoms with van der Waals surface area (Å²) in [7, 11) is 0. The van der Waals surface area contributed by atoms with Gasteiger partial charge in [0.1, 0.15) is 0 Å². The molecule has 0 fully saturated rings. The summed E-state index contributed by atoms with van der Waals surface area (Å²) in [5.74, 6) is 0. The lowest BCUT2D eigenvalue weighted by Crippen LogP contribution is -1.99. The molecule has 14 heavy (non-hydrogen) atoms. The van der Waals surface area contributed by atoms with Gasteiger partial charge in [-0.1, -0.05) is 17.7 Å². The molecule has 2 rings (SSSR count). The third kappa shape index (κ3) is 1.59. The van der Waals surface area contributed by atoms with E-state index < -0.39 is 0 Å². The van der Waals surface area contributed by atoms with Crippen molar-refractivity contribution in [3.63, 3.8) is 0 Å². The average Bonchev–Trinajstić information content (AvgIpc) is 2.51. The third-order valence-electron chi connectivity index (χ3n) is 1.98. The molecule has 0 unspecified atom stereocenters. The van der Waals surface area contributed by atoms with E-state index in [1.807, 2.05) is 25.1 Å². The van der Waals surface area contributed by atoms with Crippen molar-refractivity contribution >= 4 is 17.3 Å². The highest BCUT2D eigenvalue weighted by atomic mass is 35.5. The maximum absolute atomic E-state index is 5.86. The number of nitrogens with zero attached hydrogens (tertiary/aromatic N) is 2. The topological polar surface area (TPSA) is 43.8 Å². The molecular weight excluding hydrogens is 198 g/mol. The zero-order valence-corrected chi connectivity index (χ0v) is 8.49. The molecule has 3 nitrogen and oxygen atoms in total. The number of anilines is 1. The van der Waals surface area contributed by atoms with Crippen LogP contribution in [0.4, 0.5) is 5.69 Å². The van der Waals surface area contributed by atoms with E-state index in [9.17, 15) is 0 Å². The van der Waals surface area contributed by atoms with Crippen molar-refractivity contribution < 1.29 is 0 Å². The monoisotopic (exact) mass is 207 g/mol. The van der Waals surface area contributed by atoms with Crippen molar-refractivity contribution in [2.24, 2.45) is 0 Å². The van der Waals surface area contributed by atoms with Gasteiger partial charge in [-0.15, -0.1) is 0 Å². The summed E-state index contributed by atoms with van der Waals surface area (Å²) in [6.45, 7) is 2.00. The Bertz CT molecular complexity index is 462. The SMILES string of the molecule is Cc1ccc(-n2cc(Cl)cn2)c(N)c1. The van der Waals surface area contributed by atoms with E-state index in [-0.39, 0.29) is 0 Å². The van der Waals surface area contributed by atoms with Crippen molar-refractivity contribution in [3.8, 4) is 5.69 Å². The fourth-order valence-corrected chi connectivity index (χ4v) is 1.45. The summed E-state index contributed by atoms with van der Waals surface area (Å²) in [5, 5.41) is 4.68. The van der Waals surface area contributed by atoms with E-state index in [1.54, 1.807) is 17.1 Å². The van der Waals surface area contributed by atoms with E-state index in [0.29, 0.717) is 10.7 Å². The zero-order chi connectivity index (χ0) is 10.1.